The Bertz CT molecular complexity index is 1660. The van der Waals surface area contributed by atoms with Crippen molar-refractivity contribution in [3.63, 3.8) is 0 Å². The predicted octanol–water partition coefficient (Wildman–Crippen LogP) is 6.37. The lowest BCUT2D eigenvalue weighted by molar-refractivity contribution is -0.140. The van der Waals surface area contributed by atoms with Gasteiger partial charge in [-0.3, -0.25) is 13.9 Å². The summed E-state index contributed by atoms with van der Waals surface area (Å²) in [7, 11) is -4.14. The number of rotatable bonds is 13. The number of benzene rings is 4. The molecule has 1 atom stereocenters. The summed E-state index contributed by atoms with van der Waals surface area (Å²) < 4.78 is 29.9. The van der Waals surface area contributed by atoms with Gasteiger partial charge in [-0.2, -0.15) is 0 Å². The van der Waals surface area contributed by atoms with Crippen molar-refractivity contribution in [3.8, 4) is 0 Å². The van der Waals surface area contributed by atoms with E-state index in [-0.39, 0.29) is 29.7 Å². The summed E-state index contributed by atoms with van der Waals surface area (Å²) in [4.78, 5) is 29.9. The first-order chi connectivity index (χ1) is 21.0. The molecule has 0 bridgehead atoms. The molecule has 0 aliphatic carbocycles. The van der Waals surface area contributed by atoms with Crippen LogP contribution in [0.5, 0.6) is 0 Å². The Morgan fingerprint density at radius 2 is 1.45 bits per heavy atom. The van der Waals surface area contributed by atoms with E-state index in [4.69, 9.17) is 0 Å². The second kappa shape index (κ2) is 15.2. The molecule has 0 radical (unpaired) electrons. The Hall–Kier alpha value is -3.95. The molecule has 0 fully saturated rings. The molecule has 44 heavy (non-hydrogen) atoms. The maximum atomic E-state index is 14.5. The lowest BCUT2D eigenvalue weighted by Gasteiger charge is -2.34. The number of halogens is 1. The van der Waals surface area contributed by atoms with Crippen LogP contribution >= 0.6 is 15.9 Å². The third-order valence-electron chi connectivity index (χ3n) is 7.10. The number of nitrogens with one attached hydrogen (secondary N) is 1. The minimum atomic E-state index is -4.14. The van der Waals surface area contributed by atoms with Gasteiger partial charge in [-0.15, -0.1) is 0 Å². The first-order valence-electron chi connectivity index (χ1n) is 14.5. The monoisotopic (exact) mass is 675 g/mol. The van der Waals surface area contributed by atoms with Crippen molar-refractivity contribution in [2.24, 2.45) is 5.92 Å². The van der Waals surface area contributed by atoms with Gasteiger partial charge in [-0.05, 0) is 54.3 Å². The molecule has 0 unspecified atom stereocenters. The molecule has 4 rings (SSSR count). The average Bonchev–Trinajstić information content (AvgIpc) is 3.01. The zero-order valence-electron chi connectivity index (χ0n) is 25.2. The zero-order chi connectivity index (χ0) is 31.7. The van der Waals surface area contributed by atoms with E-state index in [1.807, 2.05) is 75.4 Å². The Labute approximate surface area is 269 Å². The number of hydrogen-bond donors (Lipinski definition) is 1. The van der Waals surface area contributed by atoms with Crippen molar-refractivity contribution in [1.29, 1.82) is 0 Å². The average molecular weight is 677 g/mol. The lowest BCUT2D eigenvalue weighted by Crippen LogP contribution is -2.53. The van der Waals surface area contributed by atoms with E-state index < -0.39 is 28.5 Å². The van der Waals surface area contributed by atoms with E-state index in [1.165, 1.54) is 17.0 Å². The quantitative estimate of drug-likeness (QED) is 0.179. The first kappa shape index (κ1) is 33.0. The third kappa shape index (κ3) is 8.80. The molecular weight excluding hydrogens is 638 g/mol. The highest BCUT2D eigenvalue weighted by atomic mass is 79.9. The molecule has 7 nitrogen and oxygen atoms in total. The van der Waals surface area contributed by atoms with Gasteiger partial charge >= 0.3 is 0 Å². The molecule has 9 heteroatoms. The van der Waals surface area contributed by atoms with Crippen molar-refractivity contribution >= 4 is 43.5 Å². The number of carbonyl (C=O) groups excluding carboxylic acids is 2. The van der Waals surface area contributed by atoms with Crippen LogP contribution in [0.4, 0.5) is 5.69 Å². The smallest absolute Gasteiger partial charge is 0.264 e. The summed E-state index contributed by atoms with van der Waals surface area (Å²) in [6.45, 7) is 6.06. The van der Waals surface area contributed by atoms with Gasteiger partial charge in [0.05, 0.1) is 10.6 Å². The molecule has 0 aliphatic rings. The van der Waals surface area contributed by atoms with Gasteiger partial charge in [0.1, 0.15) is 12.6 Å². The summed E-state index contributed by atoms with van der Waals surface area (Å²) in [5, 5.41) is 3.01. The van der Waals surface area contributed by atoms with Crippen LogP contribution in [0.1, 0.15) is 30.5 Å². The zero-order valence-corrected chi connectivity index (χ0v) is 27.6. The molecule has 230 valence electrons. The van der Waals surface area contributed by atoms with Crippen molar-refractivity contribution in [2.75, 3.05) is 17.4 Å². The van der Waals surface area contributed by atoms with E-state index in [0.717, 1.165) is 21.0 Å². The Kier molecular flexibility index (Phi) is 11.4. The SMILES string of the molecule is Cc1cccc(CN(C(=O)CN(c2cccc(Br)c2)S(=O)(=O)c2ccccc2)[C@H](Cc2ccccc2)C(=O)NCC(C)C)c1. The molecule has 1 N–H and O–H groups in total. The number of aryl methyl sites for hydroxylation is 1. The van der Waals surface area contributed by atoms with Crippen molar-refractivity contribution < 1.29 is 18.0 Å². The standard InChI is InChI=1S/C35H38BrN3O4S/c1-26(2)23-37-35(41)33(21-28-13-6-4-7-14-28)38(24-29-15-10-12-27(3)20-29)34(40)25-39(31-17-11-16-30(36)22-31)44(42,43)32-18-8-5-9-19-32/h4-20,22,26,33H,21,23-25H2,1-3H3,(H,37,41)/t33-/m1/s1. The van der Waals surface area contributed by atoms with E-state index in [1.54, 1.807) is 42.5 Å². The summed E-state index contributed by atoms with van der Waals surface area (Å²) in [5.74, 6) is -0.574. The van der Waals surface area contributed by atoms with Gasteiger partial charge in [0.15, 0.2) is 0 Å². The van der Waals surface area contributed by atoms with Gasteiger partial charge in [0, 0.05) is 24.0 Å². The number of nitrogens with zero attached hydrogens (tertiary/aromatic N) is 2. The molecule has 0 spiro atoms. The fourth-order valence-corrected chi connectivity index (χ4v) is 6.68. The summed E-state index contributed by atoms with van der Waals surface area (Å²) in [5.41, 5.74) is 3.07. The fraction of sp³-hybridized carbons (Fsp3) is 0.257. The topological polar surface area (TPSA) is 86.8 Å². The van der Waals surface area contributed by atoms with Gasteiger partial charge < -0.3 is 10.2 Å². The third-order valence-corrected chi connectivity index (χ3v) is 9.38. The number of amides is 2. The van der Waals surface area contributed by atoms with E-state index in [0.29, 0.717) is 16.7 Å². The van der Waals surface area contributed by atoms with E-state index in [2.05, 4.69) is 21.2 Å². The molecule has 2 amide bonds. The summed E-state index contributed by atoms with van der Waals surface area (Å²) >= 11 is 3.44. The van der Waals surface area contributed by atoms with Crippen molar-refractivity contribution in [2.45, 2.75) is 44.7 Å². The normalized spacial score (nSPS) is 12.0. The maximum absolute atomic E-state index is 14.5. The highest BCUT2D eigenvalue weighted by Crippen LogP contribution is 2.27. The van der Waals surface area contributed by atoms with Crippen LogP contribution < -0.4 is 9.62 Å². The van der Waals surface area contributed by atoms with Crippen LogP contribution in [0.25, 0.3) is 0 Å². The van der Waals surface area contributed by atoms with E-state index in [9.17, 15) is 18.0 Å². The highest BCUT2D eigenvalue weighted by molar-refractivity contribution is 9.10. The Balaban J connectivity index is 1.79. The molecule has 0 heterocycles. The maximum Gasteiger partial charge on any atom is 0.264 e. The number of carbonyl (C=O) groups is 2. The van der Waals surface area contributed by atoms with Crippen LogP contribution in [-0.2, 0) is 32.6 Å². The second-order valence-electron chi connectivity index (χ2n) is 11.2. The first-order valence-corrected chi connectivity index (χ1v) is 16.8. The second-order valence-corrected chi connectivity index (χ2v) is 13.9. The Morgan fingerprint density at radius 1 is 0.818 bits per heavy atom. The van der Waals surface area contributed by atoms with Gasteiger partial charge in [-0.25, -0.2) is 8.42 Å². The van der Waals surface area contributed by atoms with Crippen LogP contribution in [0.15, 0.2) is 119 Å². The van der Waals surface area contributed by atoms with Gasteiger partial charge in [0.25, 0.3) is 10.0 Å². The van der Waals surface area contributed by atoms with Crippen LogP contribution in [-0.4, -0.2) is 44.3 Å². The molecule has 0 aliphatic heterocycles. The number of anilines is 1. The molecule has 4 aromatic carbocycles. The number of sulfonamides is 1. The summed E-state index contributed by atoms with van der Waals surface area (Å²) in [6.07, 6.45) is 0.268. The van der Waals surface area contributed by atoms with Crippen molar-refractivity contribution in [3.05, 3.63) is 130 Å². The predicted molar refractivity (Wildman–Crippen MR) is 179 cm³/mol. The number of hydrogen-bond acceptors (Lipinski definition) is 4. The lowest BCUT2D eigenvalue weighted by atomic mass is 10.0. The fourth-order valence-electron chi connectivity index (χ4n) is 4.86. The highest BCUT2D eigenvalue weighted by Gasteiger charge is 2.34. The molecule has 4 aromatic rings. The minimum Gasteiger partial charge on any atom is -0.354 e. The molecular formula is C35H38BrN3O4S. The molecule has 0 saturated carbocycles. The molecule has 0 aromatic heterocycles. The molecule has 0 saturated heterocycles. The van der Waals surface area contributed by atoms with Crippen LogP contribution in [0.2, 0.25) is 0 Å². The minimum absolute atomic E-state index is 0.0634. The van der Waals surface area contributed by atoms with E-state index >= 15 is 0 Å². The van der Waals surface area contributed by atoms with Gasteiger partial charge in [-0.1, -0.05) is 114 Å². The largest absolute Gasteiger partial charge is 0.354 e. The van der Waals surface area contributed by atoms with Gasteiger partial charge in [0.2, 0.25) is 11.8 Å². The Morgan fingerprint density at radius 3 is 2.09 bits per heavy atom. The van der Waals surface area contributed by atoms with Crippen LogP contribution in [0, 0.1) is 12.8 Å². The van der Waals surface area contributed by atoms with Crippen LogP contribution in [0.3, 0.4) is 0 Å². The van der Waals surface area contributed by atoms with Crippen molar-refractivity contribution in [1.82, 2.24) is 10.2 Å². The summed E-state index contributed by atoms with van der Waals surface area (Å²) in [6, 6.07) is 31.3.